The van der Waals surface area contributed by atoms with E-state index >= 15 is 0 Å². The zero-order valence-corrected chi connectivity index (χ0v) is 9.95. The van der Waals surface area contributed by atoms with E-state index in [0.29, 0.717) is 19.4 Å². The van der Waals surface area contributed by atoms with Gasteiger partial charge in [0.1, 0.15) is 5.54 Å². The van der Waals surface area contributed by atoms with Crippen LogP contribution in [0.4, 0.5) is 0 Å². The van der Waals surface area contributed by atoms with E-state index in [0.717, 1.165) is 0 Å². The fourth-order valence-electron chi connectivity index (χ4n) is 1.03. The van der Waals surface area contributed by atoms with Gasteiger partial charge in [-0.05, 0) is 19.8 Å². The van der Waals surface area contributed by atoms with E-state index in [1.165, 1.54) is 14.0 Å². The molecule has 0 saturated heterocycles. The van der Waals surface area contributed by atoms with Gasteiger partial charge in [0.25, 0.3) is 0 Å². The van der Waals surface area contributed by atoms with Crippen LogP contribution in [-0.4, -0.2) is 42.3 Å². The number of carbonyl (C=O) groups excluding carboxylic acids is 1. The van der Waals surface area contributed by atoms with Gasteiger partial charge in [0, 0.05) is 13.7 Å². The van der Waals surface area contributed by atoms with Crippen molar-refractivity contribution in [2.45, 2.75) is 38.3 Å². The van der Waals surface area contributed by atoms with Gasteiger partial charge in [-0.1, -0.05) is 6.92 Å². The summed E-state index contributed by atoms with van der Waals surface area (Å²) in [5, 5.41) is 11.4. The molecule has 0 aromatic rings. The van der Waals surface area contributed by atoms with Gasteiger partial charge in [-0.3, -0.25) is 4.79 Å². The number of nitrogens with two attached hydrogens (primary N) is 1. The Hall–Kier alpha value is -1.14. The first-order valence-electron chi connectivity index (χ1n) is 5.17. The summed E-state index contributed by atoms with van der Waals surface area (Å²) in [5.74, 6) is -1.54. The molecule has 2 atom stereocenters. The highest BCUT2D eigenvalue weighted by atomic mass is 16.5. The van der Waals surface area contributed by atoms with E-state index in [2.05, 4.69) is 5.32 Å². The highest BCUT2D eigenvalue weighted by molar-refractivity contribution is 5.89. The van der Waals surface area contributed by atoms with Crippen molar-refractivity contribution in [3.63, 3.8) is 0 Å². The van der Waals surface area contributed by atoms with E-state index in [1.54, 1.807) is 6.92 Å². The van der Waals surface area contributed by atoms with Crippen molar-refractivity contribution in [3.8, 4) is 0 Å². The molecule has 16 heavy (non-hydrogen) atoms. The number of carboxylic acid groups (broad SMARTS) is 1. The minimum atomic E-state index is -1.26. The van der Waals surface area contributed by atoms with Crippen LogP contribution in [0.1, 0.15) is 26.7 Å². The molecule has 0 bridgehead atoms. The number of amides is 1. The molecule has 0 saturated carbocycles. The molecule has 0 aromatic carbocycles. The molecule has 0 fully saturated rings. The van der Waals surface area contributed by atoms with Gasteiger partial charge >= 0.3 is 5.97 Å². The maximum absolute atomic E-state index is 11.6. The summed E-state index contributed by atoms with van der Waals surface area (Å²) >= 11 is 0. The van der Waals surface area contributed by atoms with Crippen LogP contribution >= 0.6 is 0 Å². The first-order valence-corrected chi connectivity index (χ1v) is 5.17. The molecule has 0 heterocycles. The van der Waals surface area contributed by atoms with Crippen LogP contribution < -0.4 is 11.1 Å². The van der Waals surface area contributed by atoms with Crippen molar-refractivity contribution >= 4 is 11.9 Å². The highest BCUT2D eigenvalue weighted by Gasteiger charge is 2.33. The summed E-state index contributed by atoms with van der Waals surface area (Å²) in [6, 6.07) is -0.745. The van der Waals surface area contributed by atoms with E-state index < -0.39 is 23.5 Å². The maximum Gasteiger partial charge on any atom is 0.329 e. The molecule has 0 spiro atoms. The molecule has 1 amide bonds. The van der Waals surface area contributed by atoms with Gasteiger partial charge in [-0.25, -0.2) is 4.79 Å². The summed E-state index contributed by atoms with van der Waals surface area (Å²) in [6.45, 7) is 3.51. The Bertz CT molecular complexity index is 257. The van der Waals surface area contributed by atoms with Gasteiger partial charge in [0.15, 0.2) is 0 Å². The molecule has 2 unspecified atom stereocenters. The van der Waals surface area contributed by atoms with Gasteiger partial charge < -0.3 is 20.9 Å². The Morgan fingerprint density at radius 3 is 2.50 bits per heavy atom. The van der Waals surface area contributed by atoms with E-state index in [9.17, 15) is 9.59 Å². The maximum atomic E-state index is 11.6. The molecular weight excluding hydrogens is 212 g/mol. The van der Waals surface area contributed by atoms with Crippen LogP contribution in [0, 0.1) is 0 Å². The van der Waals surface area contributed by atoms with Crippen molar-refractivity contribution in [1.29, 1.82) is 0 Å². The Morgan fingerprint density at radius 2 is 2.12 bits per heavy atom. The second-order valence-electron chi connectivity index (χ2n) is 3.87. The van der Waals surface area contributed by atoms with Crippen LogP contribution in [-0.2, 0) is 14.3 Å². The van der Waals surface area contributed by atoms with Crippen molar-refractivity contribution in [2.75, 3.05) is 13.7 Å². The minimum absolute atomic E-state index is 0.297. The quantitative estimate of drug-likeness (QED) is 0.560. The molecule has 0 aliphatic rings. The summed E-state index contributed by atoms with van der Waals surface area (Å²) in [4.78, 5) is 22.5. The first-order chi connectivity index (χ1) is 7.37. The zero-order chi connectivity index (χ0) is 12.8. The summed E-state index contributed by atoms with van der Waals surface area (Å²) in [6.07, 6.45) is 0.660. The van der Waals surface area contributed by atoms with Gasteiger partial charge in [0.05, 0.1) is 6.04 Å². The molecule has 0 aromatic heterocycles. The number of nitrogens with one attached hydrogen (secondary N) is 1. The lowest BCUT2D eigenvalue weighted by atomic mass is 9.98. The van der Waals surface area contributed by atoms with Crippen LogP contribution in [0.2, 0.25) is 0 Å². The number of ether oxygens (including phenoxy) is 1. The summed E-state index contributed by atoms with van der Waals surface area (Å²) < 4.78 is 4.79. The van der Waals surface area contributed by atoms with E-state index in [-0.39, 0.29) is 0 Å². The molecule has 6 nitrogen and oxygen atoms in total. The van der Waals surface area contributed by atoms with Crippen molar-refractivity contribution in [1.82, 2.24) is 5.32 Å². The third-order valence-corrected chi connectivity index (χ3v) is 2.55. The average Bonchev–Trinajstić information content (AvgIpc) is 2.25. The summed E-state index contributed by atoms with van der Waals surface area (Å²) in [5.41, 5.74) is 4.32. The lowest BCUT2D eigenvalue weighted by Gasteiger charge is -2.26. The fraction of sp³-hybridized carbons (Fsp3) is 0.800. The SMILES string of the molecule is CCC(C)(NC(=O)C(N)CCOC)C(=O)O. The highest BCUT2D eigenvalue weighted by Crippen LogP contribution is 2.09. The number of carbonyl (C=O) groups is 2. The number of carboxylic acids is 1. The lowest BCUT2D eigenvalue weighted by molar-refractivity contribution is -0.147. The smallest absolute Gasteiger partial charge is 0.329 e. The number of aliphatic carboxylic acids is 1. The second-order valence-corrected chi connectivity index (χ2v) is 3.87. The second kappa shape index (κ2) is 6.44. The van der Waals surface area contributed by atoms with Crippen LogP contribution in [0.3, 0.4) is 0 Å². The zero-order valence-electron chi connectivity index (χ0n) is 9.95. The Labute approximate surface area is 95.1 Å². The van der Waals surface area contributed by atoms with Crippen molar-refractivity contribution < 1.29 is 19.4 Å². The molecule has 94 valence electrons. The third kappa shape index (κ3) is 4.16. The average molecular weight is 232 g/mol. The molecule has 0 radical (unpaired) electrons. The topological polar surface area (TPSA) is 102 Å². The monoisotopic (exact) mass is 232 g/mol. The van der Waals surface area contributed by atoms with E-state index in [4.69, 9.17) is 15.6 Å². The van der Waals surface area contributed by atoms with Crippen LogP contribution in [0.15, 0.2) is 0 Å². The van der Waals surface area contributed by atoms with Crippen molar-refractivity contribution in [3.05, 3.63) is 0 Å². The number of hydrogen-bond acceptors (Lipinski definition) is 4. The number of hydrogen-bond donors (Lipinski definition) is 3. The normalized spacial score (nSPS) is 16.2. The number of rotatable bonds is 7. The van der Waals surface area contributed by atoms with Crippen molar-refractivity contribution in [2.24, 2.45) is 5.73 Å². The molecule has 0 aliphatic carbocycles. The van der Waals surface area contributed by atoms with E-state index in [1.807, 2.05) is 0 Å². The van der Waals surface area contributed by atoms with Gasteiger partial charge in [0.2, 0.25) is 5.91 Å². The molecule has 6 heteroatoms. The Kier molecular flexibility index (Phi) is 5.98. The third-order valence-electron chi connectivity index (χ3n) is 2.55. The van der Waals surface area contributed by atoms with Gasteiger partial charge in [-0.2, -0.15) is 0 Å². The van der Waals surface area contributed by atoms with Crippen LogP contribution in [0.25, 0.3) is 0 Å². The summed E-state index contributed by atoms with van der Waals surface area (Å²) in [7, 11) is 1.51. The molecule has 0 rings (SSSR count). The van der Waals surface area contributed by atoms with Gasteiger partial charge in [-0.15, -0.1) is 0 Å². The minimum Gasteiger partial charge on any atom is -0.480 e. The molecule has 4 N–H and O–H groups in total. The predicted octanol–water partition coefficient (Wildman–Crippen LogP) is -0.280. The lowest BCUT2D eigenvalue weighted by Crippen LogP contribution is -2.56. The Morgan fingerprint density at radius 1 is 1.56 bits per heavy atom. The number of methoxy groups -OCH3 is 1. The Balaban J connectivity index is 4.36. The standard InChI is InChI=1S/C10H20N2O4/c1-4-10(2,9(14)15)12-8(13)7(11)5-6-16-3/h7H,4-6,11H2,1-3H3,(H,12,13)(H,14,15). The largest absolute Gasteiger partial charge is 0.480 e. The first kappa shape index (κ1) is 14.9. The molecule has 0 aliphatic heterocycles. The fourth-order valence-corrected chi connectivity index (χ4v) is 1.03. The van der Waals surface area contributed by atoms with Crippen LogP contribution in [0.5, 0.6) is 0 Å². The molecular formula is C10H20N2O4. The predicted molar refractivity (Wildman–Crippen MR) is 58.9 cm³/mol.